The molecule has 2 aliphatic rings. The maximum Gasteiger partial charge on any atom is 0.0376 e. The molecule has 1 heteroatoms. The van der Waals surface area contributed by atoms with Crippen LogP contribution in [0.1, 0.15) is 100 Å². The molecule has 0 saturated heterocycles. The van der Waals surface area contributed by atoms with Crippen molar-refractivity contribution in [3.63, 3.8) is 0 Å². The Balaban J connectivity index is 2.04. The highest BCUT2D eigenvalue weighted by Crippen LogP contribution is 2.46. The molecule has 2 rings (SSSR count). The van der Waals surface area contributed by atoms with Crippen molar-refractivity contribution >= 4 is 5.71 Å². The standard InChI is InChI=1S/C26H47N/c1-9-16(3)25(15-23-12-11-17(23)4)26(27)21(8)20(7)22(10-2)14-24-13-18(5)19(24)6/h17-24,27H,9-15H2,1-8H3/b25-16+,27-26?. The van der Waals surface area contributed by atoms with Gasteiger partial charge in [-0.25, -0.2) is 0 Å². The molecule has 1 N–H and O–H groups in total. The zero-order valence-electron chi connectivity index (χ0n) is 19.6. The minimum absolute atomic E-state index is 0.384. The second-order valence-corrected chi connectivity index (χ2v) is 10.4. The molecule has 0 amide bonds. The first-order valence-electron chi connectivity index (χ1n) is 12.0. The molecule has 0 aromatic rings. The highest BCUT2D eigenvalue weighted by molar-refractivity contribution is 6.00. The number of nitrogens with one attached hydrogen (secondary N) is 1. The van der Waals surface area contributed by atoms with Crippen molar-refractivity contribution in [2.24, 2.45) is 47.3 Å². The summed E-state index contributed by atoms with van der Waals surface area (Å²) in [5.41, 5.74) is 3.84. The van der Waals surface area contributed by atoms with Crippen LogP contribution in [0.5, 0.6) is 0 Å². The maximum atomic E-state index is 9.10. The zero-order valence-corrected chi connectivity index (χ0v) is 19.6. The monoisotopic (exact) mass is 373 g/mol. The van der Waals surface area contributed by atoms with Gasteiger partial charge in [0.25, 0.3) is 0 Å². The third-order valence-corrected chi connectivity index (χ3v) is 9.07. The van der Waals surface area contributed by atoms with Crippen molar-refractivity contribution < 1.29 is 0 Å². The summed E-state index contributed by atoms with van der Waals surface area (Å²) in [4.78, 5) is 0. The highest BCUT2D eigenvalue weighted by atomic mass is 14.5. The van der Waals surface area contributed by atoms with E-state index in [0.29, 0.717) is 11.8 Å². The van der Waals surface area contributed by atoms with Crippen LogP contribution in [0.15, 0.2) is 11.1 Å². The minimum atomic E-state index is 0.384. The van der Waals surface area contributed by atoms with E-state index >= 15 is 0 Å². The third-order valence-electron chi connectivity index (χ3n) is 9.07. The van der Waals surface area contributed by atoms with E-state index in [1.165, 1.54) is 43.3 Å². The van der Waals surface area contributed by atoms with Crippen molar-refractivity contribution in [1.29, 1.82) is 5.41 Å². The fourth-order valence-electron chi connectivity index (χ4n) is 5.60. The normalized spacial score (nSPS) is 34.7. The number of rotatable bonds is 10. The van der Waals surface area contributed by atoms with Gasteiger partial charge in [0.1, 0.15) is 0 Å². The van der Waals surface area contributed by atoms with E-state index in [1.54, 1.807) is 0 Å². The van der Waals surface area contributed by atoms with Crippen LogP contribution in [0.25, 0.3) is 0 Å². The molecular weight excluding hydrogens is 326 g/mol. The molecule has 0 heterocycles. The van der Waals surface area contributed by atoms with Gasteiger partial charge >= 0.3 is 0 Å². The van der Waals surface area contributed by atoms with Crippen LogP contribution in [-0.4, -0.2) is 5.71 Å². The molecule has 156 valence electrons. The fraction of sp³-hybridized carbons (Fsp3) is 0.885. The minimum Gasteiger partial charge on any atom is -0.305 e. The van der Waals surface area contributed by atoms with Crippen molar-refractivity contribution in [3.05, 3.63) is 11.1 Å². The Morgan fingerprint density at radius 2 is 1.67 bits per heavy atom. The molecule has 0 aromatic carbocycles. The van der Waals surface area contributed by atoms with Crippen LogP contribution < -0.4 is 0 Å². The average molecular weight is 374 g/mol. The summed E-state index contributed by atoms with van der Waals surface area (Å²) in [7, 11) is 0. The summed E-state index contributed by atoms with van der Waals surface area (Å²) in [6.45, 7) is 18.9. The van der Waals surface area contributed by atoms with Gasteiger partial charge in [0.2, 0.25) is 0 Å². The lowest BCUT2D eigenvalue weighted by Gasteiger charge is -2.44. The first-order valence-corrected chi connectivity index (χ1v) is 12.0. The van der Waals surface area contributed by atoms with Crippen molar-refractivity contribution in [2.45, 2.75) is 100 Å². The Labute approximate surface area is 170 Å². The van der Waals surface area contributed by atoms with Crippen LogP contribution in [-0.2, 0) is 0 Å². The lowest BCUT2D eigenvalue weighted by molar-refractivity contribution is 0.0645. The topological polar surface area (TPSA) is 23.9 Å². The van der Waals surface area contributed by atoms with Crippen molar-refractivity contribution in [3.8, 4) is 0 Å². The molecule has 1 nitrogen and oxygen atoms in total. The van der Waals surface area contributed by atoms with E-state index < -0.39 is 0 Å². The molecule has 2 fully saturated rings. The summed E-state index contributed by atoms with van der Waals surface area (Å²) in [5, 5.41) is 9.10. The van der Waals surface area contributed by atoms with E-state index in [4.69, 9.17) is 5.41 Å². The van der Waals surface area contributed by atoms with Gasteiger partial charge in [0, 0.05) is 11.6 Å². The quantitative estimate of drug-likeness (QED) is 0.373. The molecule has 2 aliphatic carbocycles. The predicted octanol–water partition coefficient (Wildman–Crippen LogP) is 8.15. The lowest BCUT2D eigenvalue weighted by Crippen LogP contribution is -2.36. The number of hydrogen-bond donors (Lipinski definition) is 1. The van der Waals surface area contributed by atoms with Crippen LogP contribution in [0.2, 0.25) is 0 Å². The van der Waals surface area contributed by atoms with Gasteiger partial charge in [-0.2, -0.15) is 0 Å². The van der Waals surface area contributed by atoms with Gasteiger partial charge < -0.3 is 5.41 Å². The zero-order chi connectivity index (χ0) is 20.3. The lowest BCUT2D eigenvalue weighted by atomic mass is 9.61. The molecular formula is C26H47N. The fourth-order valence-corrected chi connectivity index (χ4v) is 5.60. The summed E-state index contributed by atoms with van der Waals surface area (Å²) in [6.07, 6.45) is 9.08. The number of hydrogen-bond acceptors (Lipinski definition) is 1. The molecule has 0 radical (unpaired) electrons. The van der Waals surface area contributed by atoms with Gasteiger partial charge in [0.05, 0.1) is 0 Å². The molecule has 8 atom stereocenters. The Bertz CT molecular complexity index is 530. The first-order chi connectivity index (χ1) is 12.7. The van der Waals surface area contributed by atoms with Crippen LogP contribution in [0.4, 0.5) is 0 Å². The maximum absolute atomic E-state index is 9.10. The van der Waals surface area contributed by atoms with Gasteiger partial charge in [-0.3, -0.25) is 0 Å². The molecule has 2 saturated carbocycles. The van der Waals surface area contributed by atoms with Crippen LogP contribution in [0.3, 0.4) is 0 Å². The molecule has 0 aromatic heterocycles. The Morgan fingerprint density at radius 1 is 1.00 bits per heavy atom. The molecule has 8 unspecified atom stereocenters. The predicted molar refractivity (Wildman–Crippen MR) is 120 cm³/mol. The van der Waals surface area contributed by atoms with E-state index in [1.807, 2.05) is 0 Å². The average Bonchev–Trinajstić information content (AvgIpc) is 2.67. The molecule has 0 bridgehead atoms. The highest BCUT2D eigenvalue weighted by Gasteiger charge is 2.38. The Hall–Kier alpha value is -0.590. The Morgan fingerprint density at radius 3 is 2.07 bits per heavy atom. The smallest absolute Gasteiger partial charge is 0.0376 e. The Kier molecular flexibility index (Phi) is 8.19. The summed E-state index contributed by atoms with van der Waals surface area (Å²) in [6, 6.07) is 0. The summed E-state index contributed by atoms with van der Waals surface area (Å²) >= 11 is 0. The van der Waals surface area contributed by atoms with Crippen molar-refractivity contribution in [2.75, 3.05) is 0 Å². The summed E-state index contributed by atoms with van der Waals surface area (Å²) < 4.78 is 0. The SMILES string of the molecule is CC/C(C)=C(\CC1CCC1C)C(=N)C(C)C(C)C(CC)CC1CC(C)C1C. The van der Waals surface area contributed by atoms with Gasteiger partial charge in [-0.05, 0) is 86.0 Å². The van der Waals surface area contributed by atoms with Crippen LogP contribution >= 0.6 is 0 Å². The molecule has 0 aliphatic heterocycles. The van der Waals surface area contributed by atoms with E-state index in [9.17, 15) is 0 Å². The summed E-state index contributed by atoms with van der Waals surface area (Å²) in [5.74, 6) is 6.20. The second-order valence-electron chi connectivity index (χ2n) is 10.4. The number of allylic oxidation sites excluding steroid dienone is 2. The third kappa shape index (κ3) is 5.07. The first kappa shape index (κ1) is 22.7. The van der Waals surface area contributed by atoms with Gasteiger partial charge in [-0.15, -0.1) is 0 Å². The van der Waals surface area contributed by atoms with Crippen molar-refractivity contribution in [1.82, 2.24) is 0 Å². The molecule has 0 spiro atoms. The van der Waals surface area contributed by atoms with E-state index in [0.717, 1.165) is 54.1 Å². The van der Waals surface area contributed by atoms with E-state index in [2.05, 4.69) is 55.4 Å². The second kappa shape index (κ2) is 9.75. The van der Waals surface area contributed by atoms with Crippen LogP contribution in [0, 0.1) is 52.8 Å². The molecule has 27 heavy (non-hydrogen) atoms. The van der Waals surface area contributed by atoms with E-state index in [-0.39, 0.29) is 0 Å². The largest absolute Gasteiger partial charge is 0.305 e. The van der Waals surface area contributed by atoms with Gasteiger partial charge in [-0.1, -0.05) is 66.9 Å². The van der Waals surface area contributed by atoms with Gasteiger partial charge in [0.15, 0.2) is 0 Å².